The number of rotatable bonds is 5. The highest BCUT2D eigenvalue weighted by atomic mass is 16.6. The number of esters is 1. The Morgan fingerprint density at radius 1 is 1.14 bits per heavy atom. The molecule has 186 valence electrons. The average Bonchev–Trinajstić information content (AvgIpc) is 3.53. The molecule has 0 bridgehead atoms. The van der Waals surface area contributed by atoms with Crippen LogP contribution < -0.4 is 5.73 Å². The smallest absolute Gasteiger partial charge is 0.410 e. The number of fused-ring (bicyclic) bond motifs is 1. The van der Waals surface area contributed by atoms with Gasteiger partial charge in [-0.25, -0.2) is 14.6 Å². The quantitative estimate of drug-likeness (QED) is 0.424. The number of aryl methyl sites for hydroxylation is 1. The predicted molar refractivity (Wildman–Crippen MR) is 131 cm³/mol. The van der Waals surface area contributed by atoms with Gasteiger partial charge >= 0.3 is 12.1 Å². The standard InChI is InChI=1S/C25H27N7O4/c1-30-13-18(11-27-30)19-12-28-32-22(26)10-20(29-23(19)32)17-8-9-21(24(33)35-2)31(14-17)25(34)36-15-16-6-4-3-5-7-16/h3-7,10-13,17,21H,8-9,14-15,26H2,1-2H3. The van der Waals surface area contributed by atoms with Crippen LogP contribution in [0.3, 0.4) is 0 Å². The molecule has 1 saturated heterocycles. The number of nitrogens with zero attached hydrogens (tertiary/aromatic N) is 6. The van der Waals surface area contributed by atoms with Crippen molar-refractivity contribution in [1.82, 2.24) is 29.3 Å². The first-order valence-electron chi connectivity index (χ1n) is 11.6. The van der Waals surface area contributed by atoms with Crippen molar-refractivity contribution < 1.29 is 19.1 Å². The highest BCUT2D eigenvalue weighted by Gasteiger charge is 2.39. The summed E-state index contributed by atoms with van der Waals surface area (Å²) in [5.74, 6) is -0.194. The largest absolute Gasteiger partial charge is 0.467 e. The summed E-state index contributed by atoms with van der Waals surface area (Å²) >= 11 is 0. The third-order valence-corrected chi connectivity index (χ3v) is 6.45. The Morgan fingerprint density at radius 2 is 1.94 bits per heavy atom. The fourth-order valence-electron chi connectivity index (χ4n) is 4.58. The highest BCUT2D eigenvalue weighted by molar-refractivity contribution is 5.82. The molecule has 1 aliphatic heterocycles. The van der Waals surface area contributed by atoms with Crippen LogP contribution in [0.1, 0.15) is 30.0 Å². The van der Waals surface area contributed by atoms with E-state index in [2.05, 4.69) is 10.2 Å². The Kier molecular flexibility index (Phi) is 6.28. The molecule has 5 rings (SSSR count). The Balaban J connectivity index is 1.42. The number of ether oxygens (including phenoxy) is 2. The first-order chi connectivity index (χ1) is 17.4. The summed E-state index contributed by atoms with van der Waals surface area (Å²) in [6, 6.07) is 10.4. The summed E-state index contributed by atoms with van der Waals surface area (Å²) in [5.41, 5.74) is 10.2. The van der Waals surface area contributed by atoms with Crippen molar-refractivity contribution in [3.63, 3.8) is 0 Å². The Hall–Kier alpha value is -4.41. The zero-order valence-electron chi connectivity index (χ0n) is 20.1. The maximum absolute atomic E-state index is 13.1. The van der Waals surface area contributed by atoms with Gasteiger partial charge in [-0.05, 0) is 18.4 Å². The van der Waals surface area contributed by atoms with Gasteiger partial charge in [0.1, 0.15) is 18.5 Å². The minimum Gasteiger partial charge on any atom is -0.467 e. The van der Waals surface area contributed by atoms with E-state index < -0.39 is 18.1 Å². The van der Waals surface area contributed by atoms with Crippen molar-refractivity contribution >= 4 is 23.5 Å². The summed E-state index contributed by atoms with van der Waals surface area (Å²) in [5, 5.41) is 8.61. The van der Waals surface area contributed by atoms with Crippen molar-refractivity contribution in [2.75, 3.05) is 19.4 Å². The fourth-order valence-corrected chi connectivity index (χ4v) is 4.58. The van der Waals surface area contributed by atoms with Crippen LogP contribution in [0.4, 0.5) is 10.6 Å². The first-order valence-corrected chi connectivity index (χ1v) is 11.6. The Labute approximate surface area is 207 Å². The Bertz CT molecular complexity index is 1400. The second kappa shape index (κ2) is 9.68. The molecule has 1 fully saturated rings. The predicted octanol–water partition coefficient (Wildman–Crippen LogP) is 2.77. The lowest BCUT2D eigenvalue weighted by Gasteiger charge is -2.37. The van der Waals surface area contributed by atoms with Gasteiger partial charge < -0.3 is 15.2 Å². The van der Waals surface area contributed by atoms with E-state index in [0.717, 1.165) is 22.4 Å². The number of piperidine rings is 1. The lowest BCUT2D eigenvalue weighted by Crippen LogP contribution is -2.50. The molecule has 11 heteroatoms. The van der Waals surface area contributed by atoms with Crippen molar-refractivity contribution in [2.24, 2.45) is 7.05 Å². The van der Waals surface area contributed by atoms with E-state index in [0.29, 0.717) is 24.3 Å². The average molecular weight is 490 g/mol. The molecular weight excluding hydrogens is 462 g/mol. The number of benzene rings is 1. The van der Waals surface area contributed by atoms with Crippen molar-refractivity contribution in [3.8, 4) is 11.1 Å². The summed E-state index contributed by atoms with van der Waals surface area (Å²) in [4.78, 5) is 31.9. The molecule has 0 saturated carbocycles. The minimum absolute atomic E-state index is 0.107. The number of aromatic nitrogens is 5. The van der Waals surface area contributed by atoms with E-state index >= 15 is 0 Å². The molecule has 1 aromatic carbocycles. The number of likely N-dealkylation sites (tertiary alicyclic amines) is 1. The van der Waals surface area contributed by atoms with Crippen LogP contribution in [-0.2, 0) is 27.9 Å². The first kappa shape index (κ1) is 23.3. The van der Waals surface area contributed by atoms with Crippen LogP contribution >= 0.6 is 0 Å². The summed E-state index contributed by atoms with van der Waals surface area (Å²) in [6.45, 7) is 0.350. The number of anilines is 1. The molecule has 11 nitrogen and oxygen atoms in total. The van der Waals surface area contributed by atoms with Gasteiger partial charge in [0.05, 0.1) is 25.2 Å². The molecule has 0 spiro atoms. The van der Waals surface area contributed by atoms with Crippen LogP contribution in [0.5, 0.6) is 0 Å². The number of carbonyl (C=O) groups excluding carboxylic acids is 2. The second-order valence-corrected chi connectivity index (χ2v) is 8.81. The van der Waals surface area contributed by atoms with E-state index in [1.165, 1.54) is 12.0 Å². The molecule has 2 N–H and O–H groups in total. The third-order valence-electron chi connectivity index (χ3n) is 6.45. The SMILES string of the molecule is COC(=O)C1CCC(c2cc(N)n3ncc(-c4cnn(C)c4)c3n2)CN1C(=O)OCc1ccccc1. The summed E-state index contributed by atoms with van der Waals surface area (Å²) in [7, 11) is 3.16. The second-order valence-electron chi connectivity index (χ2n) is 8.81. The van der Waals surface area contributed by atoms with Crippen molar-refractivity contribution in [3.05, 3.63) is 66.2 Å². The Morgan fingerprint density at radius 3 is 2.67 bits per heavy atom. The lowest BCUT2D eigenvalue weighted by molar-refractivity contribution is -0.147. The zero-order chi connectivity index (χ0) is 25.2. The maximum Gasteiger partial charge on any atom is 0.410 e. The van der Waals surface area contributed by atoms with E-state index in [-0.39, 0.29) is 19.1 Å². The van der Waals surface area contributed by atoms with Gasteiger partial charge in [0, 0.05) is 42.9 Å². The van der Waals surface area contributed by atoms with Crippen LogP contribution in [-0.4, -0.2) is 61.0 Å². The number of hydrogen-bond donors (Lipinski definition) is 1. The number of amides is 1. The number of carbonyl (C=O) groups is 2. The zero-order valence-corrected chi connectivity index (χ0v) is 20.1. The number of hydrogen-bond acceptors (Lipinski definition) is 8. The number of nitrogen functional groups attached to an aromatic ring is 1. The van der Waals surface area contributed by atoms with Crippen LogP contribution in [0, 0.1) is 0 Å². The third kappa shape index (κ3) is 4.47. The monoisotopic (exact) mass is 489 g/mol. The molecule has 1 amide bonds. The number of methoxy groups -OCH3 is 1. The topological polar surface area (TPSA) is 130 Å². The highest BCUT2D eigenvalue weighted by Crippen LogP contribution is 2.33. The van der Waals surface area contributed by atoms with Gasteiger partial charge in [-0.2, -0.15) is 14.7 Å². The van der Waals surface area contributed by atoms with Crippen molar-refractivity contribution in [2.45, 2.75) is 31.4 Å². The summed E-state index contributed by atoms with van der Waals surface area (Å²) < 4.78 is 13.8. The minimum atomic E-state index is -0.725. The number of nitrogens with two attached hydrogens (primary N) is 1. The van der Waals surface area contributed by atoms with Gasteiger partial charge in [0.25, 0.3) is 0 Å². The molecule has 36 heavy (non-hydrogen) atoms. The molecule has 4 aromatic rings. The van der Waals surface area contributed by atoms with Crippen LogP contribution in [0.25, 0.3) is 16.8 Å². The summed E-state index contributed by atoms with van der Waals surface area (Å²) in [6.07, 6.45) is 5.80. The fraction of sp³-hybridized carbons (Fsp3) is 0.320. The molecule has 2 atom stereocenters. The van der Waals surface area contributed by atoms with Gasteiger partial charge in [0.2, 0.25) is 0 Å². The lowest BCUT2D eigenvalue weighted by atomic mass is 9.90. The molecule has 1 aliphatic rings. The molecule has 4 heterocycles. The molecule has 0 radical (unpaired) electrons. The van der Waals surface area contributed by atoms with Gasteiger partial charge in [0.15, 0.2) is 5.65 Å². The van der Waals surface area contributed by atoms with E-state index in [1.807, 2.05) is 43.6 Å². The van der Waals surface area contributed by atoms with E-state index in [9.17, 15) is 9.59 Å². The van der Waals surface area contributed by atoms with Gasteiger partial charge in [-0.15, -0.1) is 0 Å². The van der Waals surface area contributed by atoms with Gasteiger partial charge in [-0.3, -0.25) is 9.58 Å². The molecule has 2 unspecified atom stereocenters. The van der Waals surface area contributed by atoms with Crippen LogP contribution in [0.2, 0.25) is 0 Å². The molecule has 3 aromatic heterocycles. The van der Waals surface area contributed by atoms with E-state index in [4.69, 9.17) is 20.2 Å². The molecular formula is C25H27N7O4. The van der Waals surface area contributed by atoms with E-state index in [1.54, 1.807) is 27.7 Å². The normalized spacial score (nSPS) is 17.8. The van der Waals surface area contributed by atoms with Gasteiger partial charge in [-0.1, -0.05) is 30.3 Å². The molecule has 0 aliphatic carbocycles. The van der Waals surface area contributed by atoms with Crippen molar-refractivity contribution in [1.29, 1.82) is 0 Å². The van der Waals surface area contributed by atoms with Crippen LogP contribution in [0.15, 0.2) is 55.0 Å². The maximum atomic E-state index is 13.1.